The zero-order valence-corrected chi connectivity index (χ0v) is 14.9. The summed E-state index contributed by atoms with van der Waals surface area (Å²) in [5.41, 5.74) is 2.12. The Morgan fingerprint density at radius 1 is 0.880 bits per heavy atom. The molecule has 0 amide bonds. The Balaban J connectivity index is 1.97. The minimum atomic E-state index is -3.70. The highest BCUT2D eigenvalue weighted by Gasteiger charge is 2.21. The molecule has 0 saturated carbocycles. The minimum absolute atomic E-state index is 0.159. The minimum Gasteiger partial charge on any atom is -0.269 e. The molecule has 128 valence electrons. The first-order valence-electron chi connectivity index (χ1n) is 7.48. The van der Waals surface area contributed by atoms with Gasteiger partial charge in [-0.15, -0.1) is 0 Å². The van der Waals surface area contributed by atoms with Gasteiger partial charge in [-0.25, -0.2) is 12.8 Å². The van der Waals surface area contributed by atoms with Crippen LogP contribution in [0.2, 0.25) is 5.02 Å². The van der Waals surface area contributed by atoms with Crippen LogP contribution >= 0.6 is 11.6 Å². The molecule has 0 N–H and O–H groups in total. The molecule has 0 unspecified atom stereocenters. The molecule has 0 spiro atoms. The van der Waals surface area contributed by atoms with Gasteiger partial charge < -0.3 is 0 Å². The average Bonchev–Trinajstić information content (AvgIpc) is 2.62. The number of sulfonamides is 1. The molecule has 0 aromatic heterocycles. The quantitative estimate of drug-likeness (QED) is 0.645. The largest absolute Gasteiger partial charge is 0.269 e. The van der Waals surface area contributed by atoms with Crippen LogP contribution in [0.25, 0.3) is 11.1 Å². The first-order valence-corrected chi connectivity index (χ1v) is 9.30. The fraction of sp³-hybridized carbons (Fsp3) is 0.0526. The molecule has 0 saturated heterocycles. The number of hydrogen-bond acceptors (Lipinski definition) is 2. The molecule has 0 aliphatic rings. The van der Waals surface area contributed by atoms with Crippen LogP contribution in [-0.2, 0) is 10.0 Å². The summed E-state index contributed by atoms with van der Waals surface area (Å²) in [6, 6.07) is 19.1. The highest BCUT2D eigenvalue weighted by atomic mass is 35.5. The summed E-state index contributed by atoms with van der Waals surface area (Å²) in [6.07, 6.45) is 0. The molecule has 6 heteroatoms. The first kappa shape index (κ1) is 17.5. The van der Waals surface area contributed by atoms with Crippen molar-refractivity contribution in [1.82, 2.24) is 0 Å². The summed E-state index contributed by atoms with van der Waals surface area (Å²) in [5.74, 6) is -0.317. The molecule has 25 heavy (non-hydrogen) atoms. The standard InChI is InChI=1S/C19H15ClFNO2S/c1-22(25(23,24)19-11-7-16(20)8-12-19)18-4-2-3-15(13-18)14-5-9-17(21)10-6-14/h2-13H,1H3. The molecule has 3 aromatic carbocycles. The van der Waals surface area contributed by atoms with Gasteiger partial charge in [0.25, 0.3) is 10.0 Å². The van der Waals surface area contributed by atoms with Crippen molar-refractivity contribution in [1.29, 1.82) is 0 Å². The Labute approximate surface area is 151 Å². The second kappa shape index (κ2) is 6.86. The van der Waals surface area contributed by atoms with Crippen LogP contribution in [0.15, 0.2) is 77.7 Å². The molecule has 0 atom stereocenters. The number of anilines is 1. The Kier molecular flexibility index (Phi) is 4.79. The molecule has 0 radical (unpaired) electrons. The summed E-state index contributed by atoms with van der Waals surface area (Å²) in [5, 5.41) is 0.472. The van der Waals surface area contributed by atoms with E-state index in [2.05, 4.69) is 0 Å². The van der Waals surface area contributed by atoms with E-state index in [0.29, 0.717) is 10.7 Å². The number of benzene rings is 3. The normalized spacial score (nSPS) is 11.3. The predicted molar refractivity (Wildman–Crippen MR) is 98.9 cm³/mol. The summed E-state index contributed by atoms with van der Waals surface area (Å²) in [6.45, 7) is 0. The van der Waals surface area contributed by atoms with Gasteiger partial charge in [0.1, 0.15) is 5.82 Å². The van der Waals surface area contributed by atoms with Crippen LogP contribution in [-0.4, -0.2) is 15.5 Å². The van der Waals surface area contributed by atoms with E-state index in [0.717, 1.165) is 11.1 Å². The van der Waals surface area contributed by atoms with Gasteiger partial charge in [0.05, 0.1) is 10.6 Å². The lowest BCUT2D eigenvalue weighted by Gasteiger charge is -2.20. The molecular formula is C19H15ClFNO2S. The van der Waals surface area contributed by atoms with Gasteiger partial charge in [-0.3, -0.25) is 4.31 Å². The van der Waals surface area contributed by atoms with Crippen LogP contribution in [0.3, 0.4) is 0 Å². The summed E-state index contributed by atoms with van der Waals surface area (Å²) < 4.78 is 39.8. The summed E-state index contributed by atoms with van der Waals surface area (Å²) in [7, 11) is -2.21. The zero-order valence-electron chi connectivity index (χ0n) is 13.4. The Morgan fingerprint density at radius 2 is 1.52 bits per heavy atom. The molecule has 3 nitrogen and oxygen atoms in total. The molecule has 3 rings (SSSR count). The average molecular weight is 376 g/mol. The van der Waals surface area contributed by atoms with Crippen molar-refractivity contribution in [3.63, 3.8) is 0 Å². The van der Waals surface area contributed by atoms with Gasteiger partial charge in [0.2, 0.25) is 0 Å². The van der Waals surface area contributed by atoms with E-state index in [-0.39, 0.29) is 10.7 Å². The Bertz CT molecular complexity index is 987. The number of nitrogens with zero attached hydrogens (tertiary/aromatic N) is 1. The van der Waals surface area contributed by atoms with Crippen LogP contribution in [0.1, 0.15) is 0 Å². The number of halogens is 2. The molecule has 0 fully saturated rings. The van der Waals surface area contributed by atoms with Gasteiger partial charge >= 0.3 is 0 Å². The zero-order chi connectivity index (χ0) is 18.0. The lowest BCUT2D eigenvalue weighted by molar-refractivity contribution is 0.594. The molecule has 0 aliphatic carbocycles. The van der Waals surface area contributed by atoms with E-state index in [1.165, 1.54) is 47.8 Å². The molecule has 0 bridgehead atoms. The highest BCUT2D eigenvalue weighted by molar-refractivity contribution is 7.92. The maximum atomic E-state index is 13.1. The van der Waals surface area contributed by atoms with Crippen LogP contribution < -0.4 is 4.31 Å². The van der Waals surface area contributed by atoms with Crippen molar-refractivity contribution in [2.75, 3.05) is 11.4 Å². The van der Waals surface area contributed by atoms with E-state index >= 15 is 0 Å². The number of hydrogen-bond donors (Lipinski definition) is 0. The van der Waals surface area contributed by atoms with Crippen LogP contribution in [0.5, 0.6) is 0 Å². The smallest absolute Gasteiger partial charge is 0.264 e. The fourth-order valence-electron chi connectivity index (χ4n) is 2.43. The second-order valence-corrected chi connectivity index (χ2v) is 7.89. The second-order valence-electron chi connectivity index (χ2n) is 5.48. The van der Waals surface area contributed by atoms with Crippen molar-refractivity contribution in [3.8, 4) is 11.1 Å². The SMILES string of the molecule is CN(c1cccc(-c2ccc(F)cc2)c1)S(=O)(=O)c1ccc(Cl)cc1. The van der Waals surface area contributed by atoms with Gasteiger partial charge in [-0.05, 0) is 59.7 Å². The fourth-order valence-corrected chi connectivity index (χ4v) is 3.74. The lowest BCUT2D eigenvalue weighted by Crippen LogP contribution is -2.26. The van der Waals surface area contributed by atoms with Gasteiger partial charge in [0.15, 0.2) is 0 Å². The van der Waals surface area contributed by atoms with E-state index in [4.69, 9.17) is 11.6 Å². The maximum absolute atomic E-state index is 13.1. The van der Waals surface area contributed by atoms with E-state index in [1.54, 1.807) is 30.3 Å². The summed E-state index contributed by atoms with van der Waals surface area (Å²) in [4.78, 5) is 0.159. The topological polar surface area (TPSA) is 37.4 Å². The van der Waals surface area contributed by atoms with Crippen LogP contribution in [0.4, 0.5) is 10.1 Å². The van der Waals surface area contributed by atoms with E-state index < -0.39 is 10.0 Å². The third-order valence-electron chi connectivity index (χ3n) is 3.86. The third kappa shape index (κ3) is 3.67. The molecule has 0 aliphatic heterocycles. The predicted octanol–water partition coefficient (Wildman–Crippen LogP) is 4.97. The molecule has 0 heterocycles. The van der Waals surface area contributed by atoms with E-state index in [9.17, 15) is 12.8 Å². The highest BCUT2D eigenvalue weighted by Crippen LogP contribution is 2.28. The van der Waals surface area contributed by atoms with Crippen molar-refractivity contribution in [2.24, 2.45) is 0 Å². The summed E-state index contributed by atoms with van der Waals surface area (Å²) >= 11 is 5.82. The maximum Gasteiger partial charge on any atom is 0.264 e. The van der Waals surface area contributed by atoms with Crippen molar-refractivity contribution < 1.29 is 12.8 Å². The van der Waals surface area contributed by atoms with Gasteiger partial charge in [0, 0.05) is 12.1 Å². The lowest BCUT2D eigenvalue weighted by atomic mass is 10.1. The Morgan fingerprint density at radius 3 is 2.16 bits per heavy atom. The Hall–Kier alpha value is -2.37. The first-order chi connectivity index (χ1) is 11.9. The van der Waals surface area contributed by atoms with Crippen molar-refractivity contribution in [3.05, 3.63) is 83.6 Å². The number of rotatable bonds is 4. The molecule has 3 aromatic rings. The van der Waals surface area contributed by atoms with Crippen LogP contribution in [0, 0.1) is 5.82 Å². The van der Waals surface area contributed by atoms with Crippen molar-refractivity contribution in [2.45, 2.75) is 4.90 Å². The third-order valence-corrected chi connectivity index (χ3v) is 5.91. The van der Waals surface area contributed by atoms with Gasteiger partial charge in [-0.2, -0.15) is 0 Å². The monoisotopic (exact) mass is 375 g/mol. The van der Waals surface area contributed by atoms with Gasteiger partial charge in [-0.1, -0.05) is 35.9 Å². The molecular weight excluding hydrogens is 361 g/mol. The van der Waals surface area contributed by atoms with Crippen molar-refractivity contribution >= 4 is 27.3 Å². The van der Waals surface area contributed by atoms with E-state index in [1.807, 2.05) is 6.07 Å².